The molecule has 2 aromatic carbocycles. The maximum absolute atomic E-state index is 12.2. The first kappa shape index (κ1) is 18.8. The molecule has 1 aliphatic heterocycles. The van der Waals surface area contributed by atoms with Crippen molar-refractivity contribution in [1.29, 1.82) is 0 Å². The second-order valence-electron chi connectivity index (χ2n) is 5.64. The summed E-state index contributed by atoms with van der Waals surface area (Å²) in [6.45, 7) is 1.28. The number of aliphatic imine (C=N–C) groups is 1. The van der Waals surface area contributed by atoms with Gasteiger partial charge in [0.15, 0.2) is 5.70 Å². The molecule has 0 amide bonds. The molecule has 0 saturated heterocycles. The van der Waals surface area contributed by atoms with E-state index in [9.17, 15) is 19.7 Å². The van der Waals surface area contributed by atoms with Crippen LogP contribution in [0.15, 0.2) is 53.2 Å². The summed E-state index contributed by atoms with van der Waals surface area (Å²) in [7, 11) is 1.39. The number of ether oxygens (including phenoxy) is 3. The summed E-state index contributed by atoms with van der Waals surface area (Å²) in [6.07, 6.45) is 1.45. The zero-order valence-corrected chi connectivity index (χ0v) is 14.9. The number of carbonyl (C=O) groups excluding carboxylic acids is 2. The third-order valence-corrected chi connectivity index (χ3v) is 3.67. The molecule has 9 nitrogen and oxygen atoms in total. The summed E-state index contributed by atoms with van der Waals surface area (Å²) in [5, 5.41) is 11.0. The van der Waals surface area contributed by atoms with E-state index in [0.29, 0.717) is 11.3 Å². The molecule has 0 radical (unpaired) electrons. The molecule has 0 saturated carbocycles. The van der Waals surface area contributed by atoms with Crippen LogP contribution in [0.2, 0.25) is 0 Å². The van der Waals surface area contributed by atoms with E-state index in [0.717, 1.165) is 0 Å². The lowest BCUT2D eigenvalue weighted by atomic mass is 10.1. The number of hydrogen-bond acceptors (Lipinski definition) is 8. The maximum Gasteiger partial charge on any atom is 0.363 e. The molecule has 1 aliphatic rings. The van der Waals surface area contributed by atoms with Crippen LogP contribution in [0.4, 0.5) is 5.69 Å². The Balaban J connectivity index is 1.97. The van der Waals surface area contributed by atoms with E-state index in [-0.39, 0.29) is 28.6 Å². The average Bonchev–Trinajstić information content (AvgIpc) is 3.01. The Morgan fingerprint density at radius 2 is 2.04 bits per heavy atom. The van der Waals surface area contributed by atoms with E-state index in [2.05, 4.69) is 4.99 Å². The number of rotatable bonds is 5. The van der Waals surface area contributed by atoms with Gasteiger partial charge in [0.25, 0.3) is 5.69 Å². The lowest BCUT2D eigenvalue weighted by Gasteiger charge is -2.06. The van der Waals surface area contributed by atoms with Crippen molar-refractivity contribution in [3.8, 4) is 11.5 Å². The number of carbonyl (C=O) groups is 2. The number of methoxy groups -OCH3 is 1. The fraction of sp³-hybridized carbons (Fsp3) is 0.105. The normalized spacial score (nSPS) is 14.4. The smallest absolute Gasteiger partial charge is 0.363 e. The van der Waals surface area contributed by atoms with E-state index in [1.54, 1.807) is 24.3 Å². The lowest BCUT2D eigenvalue weighted by Crippen LogP contribution is -2.07. The monoisotopic (exact) mass is 382 g/mol. The fourth-order valence-electron chi connectivity index (χ4n) is 2.49. The molecule has 0 fully saturated rings. The Bertz CT molecular complexity index is 1040. The van der Waals surface area contributed by atoms with Crippen LogP contribution in [0.25, 0.3) is 6.08 Å². The number of benzene rings is 2. The van der Waals surface area contributed by atoms with E-state index in [1.165, 1.54) is 38.3 Å². The third-order valence-electron chi connectivity index (χ3n) is 3.67. The van der Waals surface area contributed by atoms with Gasteiger partial charge in [-0.05, 0) is 29.8 Å². The summed E-state index contributed by atoms with van der Waals surface area (Å²) < 4.78 is 15.3. The Hall–Kier alpha value is -4.01. The molecule has 0 aromatic heterocycles. The number of non-ortho nitro benzene ring substituents is 1. The van der Waals surface area contributed by atoms with Crippen LogP contribution in [0, 0.1) is 10.1 Å². The van der Waals surface area contributed by atoms with Gasteiger partial charge in [-0.1, -0.05) is 12.1 Å². The van der Waals surface area contributed by atoms with Crippen LogP contribution in [0.1, 0.15) is 18.1 Å². The molecule has 0 N–H and O–H groups in total. The Kier molecular flexibility index (Phi) is 5.16. The highest BCUT2D eigenvalue weighted by atomic mass is 16.6. The van der Waals surface area contributed by atoms with Crippen LogP contribution in [-0.2, 0) is 14.3 Å². The SMILES string of the molecule is COc1ccc([N+](=O)[O-])cc1C1=N/C(=C/c2cccc(OC(C)=O)c2)C(=O)O1. The van der Waals surface area contributed by atoms with Crippen LogP contribution in [-0.4, -0.2) is 29.9 Å². The van der Waals surface area contributed by atoms with Gasteiger partial charge in [0, 0.05) is 19.1 Å². The van der Waals surface area contributed by atoms with Crippen LogP contribution in [0.3, 0.4) is 0 Å². The number of esters is 2. The van der Waals surface area contributed by atoms with E-state index in [4.69, 9.17) is 14.2 Å². The lowest BCUT2D eigenvalue weighted by molar-refractivity contribution is -0.384. The molecule has 9 heteroatoms. The maximum atomic E-state index is 12.2. The summed E-state index contributed by atoms with van der Waals surface area (Å²) in [5.74, 6) is -0.703. The molecule has 0 spiro atoms. The summed E-state index contributed by atoms with van der Waals surface area (Å²) in [6, 6.07) is 10.4. The van der Waals surface area contributed by atoms with Gasteiger partial charge >= 0.3 is 11.9 Å². The van der Waals surface area contributed by atoms with Crippen LogP contribution < -0.4 is 9.47 Å². The fourth-order valence-corrected chi connectivity index (χ4v) is 2.49. The minimum absolute atomic E-state index is 0.0106. The zero-order valence-electron chi connectivity index (χ0n) is 14.9. The van der Waals surface area contributed by atoms with Crippen molar-refractivity contribution in [2.45, 2.75) is 6.92 Å². The first-order valence-electron chi connectivity index (χ1n) is 8.01. The van der Waals surface area contributed by atoms with Crippen molar-refractivity contribution < 1.29 is 28.7 Å². The predicted molar refractivity (Wildman–Crippen MR) is 98.0 cm³/mol. The standard InChI is InChI=1S/C19H14N2O7/c1-11(22)27-14-5-3-4-12(8-14)9-16-19(23)28-18(20-16)15-10-13(21(24)25)6-7-17(15)26-2/h3-10H,1-2H3/b16-9+. The van der Waals surface area contributed by atoms with Crippen molar-refractivity contribution in [2.75, 3.05) is 7.11 Å². The van der Waals surface area contributed by atoms with Gasteiger partial charge < -0.3 is 14.2 Å². The first-order valence-corrected chi connectivity index (χ1v) is 8.01. The van der Waals surface area contributed by atoms with Crippen molar-refractivity contribution in [1.82, 2.24) is 0 Å². The van der Waals surface area contributed by atoms with Crippen molar-refractivity contribution in [2.24, 2.45) is 4.99 Å². The van der Waals surface area contributed by atoms with Gasteiger partial charge in [0.05, 0.1) is 17.6 Å². The van der Waals surface area contributed by atoms with Crippen molar-refractivity contribution in [3.05, 3.63) is 69.4 Å². The summed E-state index contributed by atoms with van der Waals surface area (Å²) in [4.78, 5) is 37.8. The first-order chi connectivity index (χ1) is 13.4. The Morgan fingerprint density at radius 1 is 1.25 bits per heavy atom. The van der Waals surface area contributed by atoms with Gasteiger partial charge in [-0.25, -0.2) is 9.79 Å². The molecule has 0 aliphatic carbocycles. The van der Waals surface area contributed by atoms with Gasteiger partial charge in [0.1, 0.15) is 11.5 Å². The molecule has 3 rings (SSSR count). The van der Waals surface area contributed by atoms with E-state index < -0.39 is 16.9 Å². The molecule has 0 bridgehead atoms. The second kappa shape index (κ2) is 7.70. The molecular formula is C19H14N2O7. The van der Waals surface area contributed by atoms with Crippen LogP contribution >= 0.6 is 0 Å². The highest BCUT2D eigenvalue weighted by molar-refractivity contribution is 6.14. The van der Waals surface area contributed by atoms with Gasteiger partial charge in [-0.3, -0.25) is 14.9 Å². The van der Waals surface area contributed by atoms with Gasteiger partial charge in [-0.2, -0.15) is 0 Å². The molecule has 142 valence electrons. The molecule has 0 atom stereocenters. The molecule has 0 unspecified atom stereocenters. The topological polar surface area (TPSA) is 117 Å². The minimum atomic E-state index is -0.721. The number of nitro groups is 1. The number of nitro benzene ring substituents is 1. The predicted octanol–water partition coefficient (Wildman–Crippen LogP) is 2.87. The van der Waals surface area contributed by atoms with Crippen molar-refractivity contribution >= 4 is 29.6 Å². The van der Waals surface area contributed by atoms with E-state index in [1.807, 2.05) is 0 Å². The summed E-state index contributed by atoms with van der Waals surface area (Å²) >= 11 is 0. The average molecular weight is 382 g/mol. The number of nitrogens with zero attached hydrogens (tertiary/aromatic N) is 2. The molecule has 28 heavy (non-hydrogen) atoms. The van der Waals surface area contributed by atoms with Gasteiger partial charge in [0.2, 0.25) is 5.90 Å². The number of cyclic esters (lactones) is 1. The Labute approximate surface area is 159 Å². The van der Waals surface area contributed by atoms with Crippen LogP contribution in [0.5, 0.6) is 11.5 Å². The zero-order chi connectivity index (χ0) is 20.3. The van der Waals surface area contributed by atoms with Gasteiger partial charge in [-0.15, -0.1) is 0 Å². The molecule has 2 aromatic rings. The summed E-state index contributed by atoms with van der Waals surface area (Å²) in [5.41, 5.74) is 0.536. The Morgan fingerprint density at radius 3 is 2.71 bits per heavy atom. The second-order valence-corrected chi connectivity index (χ2v) is 5.64. The molecule has 1 heterocycles. The quantitative estimate of drug-likeness (QED) is 0.256. The largest absolute Gasteiger partial charge is 0.496 e. The number of hydrogen-bond donors (Lipinski definition) is 0. The highest BCUT2D eigenvalue weighted by Crippen LogP contribution is 2.29. The minimum Gasteiger partial charge on any atom is -0.496 e. The third kappa shape index (κ3) is 4.04. The highest BCUT2D eigenvalue weighted by Gasteiger charge is 2.27. The van der Waals surface area contributed by atoms with E-state index >= 15 is 0 Å². The molecular weight excluding hydrogens is 368 g/mol. The van der Waals surface area contributed by atoms with Crippen molar-refractivity contribution in [3.63, 3.8) is 0 Å².